The Balaban J connectivity index is 1.84. The van der Waals surface area contributed by atoms with Gasteiger partial charge in [-0.3, -0.25) is 4.79 Å². The lowest BCUT2D eigenvalue weighted by Gasteiger charge is -2.17. The van der Waals surface area contributed by atoms with Crippen molar-refractivity contribution in [3.63, 3.8) is 0 Å². The molecule has 4 N–H and O–H groups in total. The Hall–Kier alpha value is -2.11. The smallest absolute Gasteiger partial charge is 0.277 e. The maximum atomic E-state index is 12.0. The van der Waals surface area contributed by atoms with Crippen LogP contribution in [0.3, 0.4) is 0 Å². The number of carbonyl (C=O) groups is 1. The van der Waals surface area contributed by atoms with Crippen molar-refractivity contribution in [2.24, 2.45) is 0 Å². The summed E-state index contributed by atoms with van der Waals surface area (Å²) in [5, 5.41) is 8.41. The molecule has 0 aliphatic rings. The summed E-state index contributed by atoms with van der Waals surface area (Å²) in [4.78, 5) is 16.7. The number of rotatable bonds is 7. The lowest BCUT2D eigenvalue weighted by atomic mass is 9.96. The number of benzene rings is 1. The maximum absolute atomic E-state index is 12.0. The number of aromatic amines is 1. The van der Waals surface area contributed by atoms with E-state index in [1.54, 1.807) is 11.3 Å². The molecule has 0 saturated carbocycles. The van der Waals surface area contributed by atoms with Crippen LogP contribution in [0.4, 0.5) is 0 Å². The number of H-pyrrole nitrogens is 1. The average Bonchev–Trinajstić information content (AvgIpc) is 3.25. The highest BCUT2D eigenvalue weighted by molar-refractivity contribution is 7.10. The Morgan fingerprint density at radius 1 is 1.29 bits per heavy atom. The van der Waals surface area contributed by atoms with Gasteiger partial charge in [-0.15, -0.1) is 11.3 Å². The summed E-state index contributed by atoms with van der Waals surface area (Å²) >= 11 is 1.77. The standard InChI is InChI=1S/C19H23N3OS/c1-3-20-19(23)13(2)21-12-16(18-9-6-10-24-18)15-11-22-17-8-5-4-7-14(15)17/h4-11,13,16,21-22H,3,12H2,1-2H3,(H,20,23)/p+1/t13-,16-/m1/s1. The molecule has 0 aliphatic carbocycles. The second-order valence-corrected chi connectivity index (χ2v) is 6.99. The van der Waals surface area contributed by atoms with E-state index in [0.717, 1.165) is 12.1 Å². The van der Waals surface area contributed by atoms with E-state index >= 15 is 0 Å². The average molecular weight is 342 g/mol. The van der Waals surface area contributed by atoms with Crippen LogP contribution in [-0.2, 0) is 4.79 Å². The van der Waals surface area contributed by atoms with Crippen molar-refractivity contribution in [1.29, 1.82) is 0 Å². The number of likely N-dealkylation sites (N-methyl/N-ethyl adjacent to an activating group) is 1. The van der Waals surface area contributed by atoms with E-state index in [2.05, 4.69) is 57.5 Å². The summed E-state index contributed by atoms with van der Waals surface area (Å²) in [5.74, 6) is 0.374. The van der Waals surface area contributed by atoms with Gasteiger partial charge in [0.25, 0.3) is 5.91 Å². The van der Waals surface area contributed by atoms with E-state index in [4.69, 9.17) is 0 Å². The number of nitrogens with one attached hydrogen (secondary N) is 2. The van der Waals surface area contributed by atoms with Crippen LogP contribution >= 0.6 is 11.3 Å². The van der Waals surface area contributed by atoms with Gasteiger partial charge in [-0.1, -0.05) is 24.3 Å². The van der Waals surface area contributed by atoms with Gasteiger partial charge in [-0.2, -0.15) is 0 Å². The zero-order valence-electron chi connectivity index (χ0n) is 14.1. The number of carbonyl (C=O) groups excluding carboxylic acids is 1. The zero-order valence-corrected chi connectivity index (χ0v) is 14.9. The molecule has 2 heterocycles. The van der Waals surface area contributed by atoms with Gasteiger partial charge in [0.15, 0.2) is 6.04 Å². The van der Waals surface area contributed by atoms with Crippen LogP contribution in [0.5, 0.6) is 0 Å². The van der Waals surface area contributed by atoms with Crippen LogP contribution in [0, 0.1) is 0 Å². The molecule has 2 aromatic heterocycles. The summed E-state index contributed by atoms with van der Waals surface area (Å²) in [6, 6.07) is 12.6. The summed E-state index contributed by atoms with van der Waals surface area (Å²) in [6.07, 6.45) is 2.11. The molecule has 126 valence electrons. The fourth-order valence-corrected chi connectivity index (χ4v) is 3.91. The van der Waals surface area contributed by atoms with Gasteiger partial charge in [0.05, 0.1) is 12.5 Å². The molecule has 0 fully saturated rings. The van der Waals surface area contributed by atoms with Crippen LogP contribution < -0.4 is 10.6 Å². The molecule has 4 nitrogen and oxygen atoms in total. The third-order valence-electron chi connectivity index (χ3n) is 4.37. The predicted molar refractivity (Wildman–Crippen MR) is 99.4 cm³/mol. The molecule has 3 rings (SSSR count). The van der Waals surface area contributed by atoms with E-state index in [9.17, 15) is 4.79 Å². The molecule has 5 heteroatoms. The normalized spacial score (nSPS) is 13.8. The number of amides is 1. The number of nitrogens with two attached hydrogens (primary N) is 1. The number of fused-ring (bicyclic) bond motifs is 1. The maximum Gasteiger partial charge on any atom is 0.277 e. The molecule has 1 amide bonds. The summed E-state index contributed by atoms with van der Waals surface area (Å²) in [5.41, 5.74) is 2.46. The minimum absolute atomic E-state index is 0.0855. The van der Waals surface area contributed by atoms with E-state index in [-0.39, 0.29) is 17.9 Å². The monoisotopic (exact) mass is 342 g/mol. The molecule has 0 bridgehead atoms. The number of para-hydroxylation sites is 1. The van der Waals surface area contributed by atoms with E-state index in [0.29, 0.717) is 6.54 Å². The van der Waals surface area contributed by atoms with Crippen LogP contribution in [0.1, 0.15) is 30.2 Å². The molecule has 0 unspecified atom stereocenters. The highest BCUT2D eigenvalue weighted by atomic mass is 32.1. The molecule has 2 atom stereocenters. The first-order chi connectivity index (χ1) is 11.7. The van der Waals surface area contributed by atoms with Gasteiger partial charge in [-0.25, -0.2) is 0 Å². The van der Waals surface area contributed by atoms with Gasteiger partial charge >= 0.3 is 0 Å². The fourth-order valence-electron chi connectivity index (χ4n) is 3.05. The van der Waals surface area contributed by atoms with Crippen molar-refractivity contribution in [2.45, 2.75) is 25.8 Å². The molecule has 3 aromatic rings. The minimum Gasteiger partial charge on any atom is -0.361 e. The van der Waals surface area contributed by atoms with Gasteiger partial charge in [0.2, 0.25) is 0 Å². The lowest BCUT2D eigenvalue weighted by molar-refractivity contribution is -0.674. The molecular weight excluding hydrogens is 318 g/mol. The quantitative estimate of drug-likeness (QED) is 0.607. The second-order valence-electron chi connectivity index (χ2n) is 6.01. The molecule has 24 heavy (non-hydrogen) atoms. The minimum atomic E-state index is -0.0855. The first kappa shape index (κ1) is 16.7. The fraction of sp³-hybridized carbons (Fsp3) is 0.316. The largest absolute Gasteiger partial charge is 0.361 e. The molecule has 0 spiro atoms. The number of hydrogen-bond donors (Lipinski definition) is 3. The van der Waals surface area contributed by atoms with Gasteiger partial charge in [0, 0.05) is 28.5 Å². The van der Waals surface area contributed by atoms with Crippen molar-refractivity contribution < 1.29 is 10.1 Å². The van der Waals surface area contributed by atoms with Gasteiger partial charge in [-0.05, 0) is 36.9 Å². The van der Waals surface area contributed by atoms with Crippen molar-refractivity contribution >= 4 is 28.1 Å². The van der Waals surface area contributed by atoms with Crippen LogP contribution in [0.2, 0.25) is 0 Å². The van der Waals surface area contributed by atoms with Crippen molar-refractivity contribution in [1.82, 2.24) is 10.3 Å². The van der Waals surface area contributed by atoms with Crippen LogP contribution in [-0.4, -0.2) is 30.0 Å². The molecular formula is C19H24N3OS+. The predicted octanol–water partition coefficient (Wildman–Crippen LogP) is 2.45. The van der Waals surface area contributed by atoms with Crippen LogP contribution in [0.15, 0.2) is 48.0 Å². The van der Waals surface area contributed by atoms with Crippen molar-refractivity contribution in [3.05, 3.63) is 58.4 Å². The second kappa shape index (κ2) is 7.64. The first-order valence-corrected chi connectivity index (χ1v) is 9.29. The van der Waals surface area contributed by atoms with Crippen molar-refractivity contribution in [2.75, 3.05) is 13.1 Å². The Bertz CT molecular complexity index is 794. The summed E-state index contributed by atoms with van der Waals surface area (Å²) in [7, 11) is 0. The molecule has 0 aliphatic heterocycles. The van der Waals surface area contributed by atoms with E-state index < -0.39 is 0 Å². The first-order valence-electron chi connectivity index (χ1n) is 8.41. The Kier molecular flexibility index (Phi) is 5.33. The Morgan fingerprint density at radius 2 is 2.12 bits per heavy atom. The highest BCUT2D eigenvalue weighted by Crippen LogP contribution is 2.32. The number of thiophene rings is 1. The third kappa shape index (κ3) is 3.52. The summed E-state index contributed by atoms with van der Waals surface area (Å²) in [6.45, 7) is 5.44. The number of aromatic nitrogens is 1. The summed E-state index contributed by atoms with van der Waals surface area (Å²) < 4.78 is 0. The number of quaternary nitrogens is 1. The van der Waals surface area contributed by atoms with Crippen LogP contribution in [0.25, 0.3) is 10.9 Å². The molecule has 0 radical (unpaired) electrons. The SMILES string of the molecule is CCNC(=O)[C@@H](C)[NH2+]C[C@@H](c1cccs1)c1c[nH]c2ccccc12. The molecule has 0 saturated heterocycles. The Morgan fingerprint density at radius 3 is 2.88 bits per heavy atom. The van der Waals surface area contributed by atoms with E-state index in [1.807, 2.05) is 19.9 Å². The lowest BCUT2D eigenvalue weighted by Crippen LogP contribution is -2.92. The van der Waals surface area contributed by atoms with E-state index in [1.165, 1.54) is 15.8 Å². The zero-order chi connectivity index (χ0) is 16.9. The molecule has 1 aromatic carbocycles. The van der Waals surface area contributed by atoms with Gasteiger partial charge in [0.1, 0.15) is 0 Å². The third-order valence-corrected chi connectivity index (χ3v) is 5.36. The topological polar surface area (TPSA) is 61.5 Å². The number of hydrogen-bond acceptors (Lipinski definition) is 2. The Labute approximate surface area is 146 Å². The van der Waals surface area contributed by atoms with Crippen molar-refractivity contribution in [3.8, 4) is 0 Å². The van der Waals surface area contributed by atoms with Gasteiger partial charge < -0.3 is 15.6 Å². The highest BCUT2D eigenvalue weighted by Gasteiger charge is 2.23.